The van der Waals surface area contributed by atoms with Crippen molar-refractivity contribution < 1.29 is 26.8 Å². The molecule has 5 rings (SSSR count). The fourth-order valence-corrected chi connectivity index (χ4v) is 6.95. The number of halogens is 2. The van der Waals surface area contributed by atoms with E-state index in [2.05, 4.69) is 5.32 Å². The second kappa shape index (κ2) is 8.40. The van der Waals surface area contributed by atoms with Crippen LogP contribution in [0, 0.1) is 17.0 Å². The van der Waals surface area contributed by atoms with Crippen molar-refractivity contribution in [3.05, 3.63) is 53.2 Å². The molecule has 7 nitrogen and oxygen atoms in total. The molecule has 10 heteroatoms. The van der Waals surface area contributed by atoms with Gasteiger partial charge in [-0.2, -0.15) is 0 Å². The largest absolute Gasteiger partial charge is 0.381 e. The summed E-state index contributed by atoms with van der Waals surface area (Å²) in [4.78, 5) is 25.3. The van der Waals surface area contributed by atoms with Gasteiger partial charge in [-0.1, -0.05) is 13.8 Å². The van der Waals surface area contributed by atoms with Crippen molar-refractivity contribution in [2.75, 3.05) is 16.8 Å². The summed E-state index contributed by atoms with van der Waals surface area (Å²) in [6.07, 6.45) is 1.43. The zero-order valence-corrected chi connectivity index (χ0v) is 20.8. The van der Waals surface area contributed by atoms with Gasteiger partial charge in [0, 0.05) is 29.1 Å². The number of carbonyl (C=O) groups is 2. The lowest BCUT2D eigenvalue weighted by Gasteiger charge is -2.31. The minimum absolute atomic E-state index is 0.000854. The summed E-state index contributed by atoms with van der Waals surface area (Å²) in [5, 5.41) is 3.73. The maximum atomic E-state index is 15.4. The molecule has 0 unspecified atom stereocenters. The van der Waals surface area contributed by atoms with E-state index in [1.54, 1.807) is 12.1 Å². The summed E-state index contributed by atoms with van der Waals surface area (Å²) in [5.74, 6) is -2.44. The highest BCUT2D eigenvalue weighted by molar-refractivity contribution is 7.91. The Morgan fingerprint density at radius 3 is 2.47 bits per heavy atom. The van der Waals surface area contributed by atoms with Gasteiger partial charge < -0.3 is 11.1 Å². The third kappa shape index (κ3) is 4.27. The first-order chi connectivity index (χ1) is 16.8. The molecule has 1 amide bonds. The number of carbonyl (C=O) groups excluding carboxylic acids is 2. The van der Waals surface area contributed by atoms with E-state index in [-0.39, 0.29) is 46.5 Å². The molecule has 0 spiro atoms. The van der Waals surface area contributed by atoms with E-state index >= 15 is 4.39 Å². The van der Waals surface area contributed by atoms with E-state index in [0.717, 1.165) is 0 Å². The van der Waals surface area contributed by atoms with Crippen LogP contribution in [-0.2, 0) is 16.3 Å². The highest BCUT2D eigenvalue weighted by Gasteiger charge is 2.36. The smallest absolute Gasteiger partial charge is 0.253 e. The molecule has 3 heterocycles. The first-order valence-corrected chi connectivity index (χ1v) is 13.6. The van der Waals surface area contributed by atoms with E-state index in [1.807, 2.05) is 13.8 Å². The zero-order chi connectivity index (χ0) is 26.0. The number of anilines is 1. The number of amides is 1. The van der Waals surface area contributed by atoms with E-state index in [1.165, 1.54) is 22.8 Å². The van der Waals surface area contributed by atoms with Gasteiger partial charge in [0.05, 0.1) is 28.3 Å². The number of nitrogens with two attached hydrogens (primary N) is 1. The molecule has 2 aliphatic rings. The van der Waals surface area contributed by atoms with Crippen LogP contribution in [0.25, 0.3) is 22.0 Å². The van der Waals surface area contributed by atoms with Crippen LogP contribution in [0.5, 0.6) is 0 Å². The zero-order valence-electron chi connectivity index (χ0n) is 20.0. The van der Waals surface area contributed by atoms with Crippen LogP contribution in [0.2, 0.25) is 0 Å². The molecule has 2 aliphatic heterocycles. The summed E-state index contributed by atoms with van der Waals surface area (Å²) in [7, 11) is -3.11. The van der Waals surface area contributed by atoms with Crippen molar-refractivity contribution in [2.45, 2.75) is 45.6 Å². The fourth-order valence-electron chi connectivity index (χ4n) is 5.46. The minimum Gasteiger partial charge on any atom is -0.381 e. The van der Waals surface area contributed by atoms with Crippen LogP contribution >= 0.6 is 0 Å². The van der Waals surface area contributed by atoms with Crippen LogP contribution in [0.3, 0.4) is 0 Å². The average molecular weight is 516 g/mol. The molecule has 0 aliphatic carbocycles. The Morgan fingerprint density at radius 1 is 1.11 bits per heavy atom. The van der Waals surface area contributed by atoms with Gasteiger partial charge in [0.25, 0.3) is 5.91 Å². The third-order valence-corrected chi connectivity index (χ3v) is 8.81. The maximum Gasteiger partial charge on any atom is 0.253 e. The lowest BCUT2D eigenvalue weighted by molar-refractivity contribution is 0.0816. The molecule has 0 bridgehead atoms. The molecule has 1 saturated heterocycles. The Bertz CT molecular complexity index is 1530. The van der Waals surface area contributed by atoms with E-state index in [4.69, 9.17) is 5.73 Å². The Hall–Kier alpha value is -3.27. The number of nitrogens with zero attached hydrogens (tertiary/aromatic N) is 1. The molecule has 1 aromatic heterocycles. The molecule has 36 heavy (non-hydrogen) atoms. The van der Waals surface area contributed by atoms with Gasteiger partial charge >= 0.3 is 0 Å². The number of benzene rings is 2. The second-order valence-corrected chi connectivity index (χ2v) is 12.8. The summed E-state index contributed by atoms with van der Waals surface area (Å²) in [5.41, 5.74) is 7.07. The Labute approximate surface area is 207 Å². The fraction of sp³-hybridized carbons (Fsp3) is 0.385. The molecule has 0 atom stereocenters. The number of nitrogens with one attached hydrogen (secondary N) is 1. The molecule has 0 radical (unpaired) electrons. The molecule has 3 aromatic rings. The number of fused-ring (bicyclic) bond motifs is 3. The van der Waals surface area contributed by atoms with E-state index < -0.39 is 27.4 Å². The third-order valence-electron chi connectivity index (χ3n) is 7.09. The first-order valence-electron chi connectivity index (χ1n) is 11.8. The number of sulfone groups is 1. The number of rotatable bonds is 4. The van der Waals surface area contributed by atoms with Gasteiger partial charge in [0.2, 0.25) is 5.91 Å². The number of hydrogen-bond acceptors (Lipinski definition) is 5. The molecular weight excluding hydrogens is 488 g/mol. The Morgan fingerprint density at radius 2 is 1.81 bits per heavy atom. The van der Waals surface area contributed by atoms with Crippen LogP contribution in [0.1, 0.15) is 54.0 Å². The highest BCUT2D eigenvalue weighted by atomic mass is 32.2. The van der Waals surface area contributed by atoms with Crippen molar-refractivity contribution >= 4 is 38.2 Å². The first kappa shape index (κ1) is 24.4. The van der Waals surface area contributed by atoms with Gasteiger partial charge in [-0.3, -0.25) is 14.2 Å². The van der Waals surface area contributed by atoms with Gasteiger partial charge in [0.15, 0.2) is 0 Å². The Balaban J connectivity index is 1.70. The van der Waals surface area contributed by atoms with Gasteiger partial charge in [0.1, 0.15) is 21.5 Å². The predicted octanol–water partition coefficient (Wildman–Crippen LogP) is 4.29. The standard InChI is InChI=1S/C26H27F2N3O4S/c1-26(2)12-21-23(17-4-3-15(27)11-20(17)31(21)22(32)13-26)14-9-18(28)24(25(29)33)19(10-14)30-16-5-7-36(34,35)8-6-16/h3-4,9-11,16,30H,5-8,12-13H2,1-2H3,(H2,29,33). The average Bonchev–Trinajstić information content (AvgIpc) is 3.06. The molecule has 2 aromatic carbocycles. The topological polar surface area (TPSA) is 111 Å². The summed E-state index contributed by atoms with van der Waals surface area (Å²) < 4.78 is 54.8. The van der Waals surface area contributed by atoms with Crippen molar-refractivity contribution in [1.82, 2.24) is 4.57 Å². The molecule has 0 saturated carbocycles. The molecule has 190 valence electrons. The quantitative estimate of drug-likeness (QED) is 0.539. The summed E-state index contributed by atoms with van der Waals surface area (Å²) >= 11 is 0. The van der Waals surface area contributed by atoms with Crippen molar-refractivity contribution in [1.29, 1.82) is 0 Å². The van der Waals surface area contributed by atoms with Gasteiger partial charge in [-0.25, -0.2) is 17.2 Å². The van der Waals surface area contributed by atoms with Crippen molar-refractivity contribution in [3.8, 4) is 11.1 Å². The monoisotopic (exact) mass is 515 g/mol. The van der Waals surface area contributed by atoms with Gasteiger partial charge in [-0.15, -0.1) is 0 Å². The van der Waals surface area contributed by atoms with Crippen LogP contribution in [0.4, 0.5) is 14.5 Å². The number of primary amides is 1. The van der Waals surface area contributed by atoms with E-state index in [0.29, 0.717) is 47.0 Å². The SMILES string of the molecule is CC1(C)CC(=O)n2c(c(-c3cc(F)c(C(N)=O)c(NC4CCS(=O)(=O)CC4)c3)c3ccc(F)cc32)C1. The lowest BCUT2D eigenvalue weighted by Crippen LogP contribution is -2.33. The van der Waals surface area contributed by atoms with E-state index in [9.17, 15) is 22.4 Å². The highest BCUT2D eigenvalue weighted by Crippen LogP contribution is 2.44. The second-order valence-electron chi connectivity index (χ2n) is 10.5. The molecule has 3 N–H and O–H groups in total. The number of hydrogen-bond donors (Lipinski definition) is 2. The Kier molecular flexibility index (Phi) is 5.70. The van der Waals surface area contributed by atoms with Crippen molar-refractivity contribution in [2.24, 2.45) is 11.1 Å². The van der Waals surface area contributed by atoms with Crippen molar-refractivity contribution in [3.63, 3.8) is 0 Å². The normalized spacial score (nSPS) is 19.3. The molecular formula is C26H27F2N3O4S. The maximum absolute atomic E-state index is 15.4. The van der Waals surface area contributed by atoms with Gasteiger partial charge in [-0.05, 0) is 60.6 Å². The lowest BCUT2D eigenvalue weighted by atomic mass is 9.80. The van der Waals surface area contributed by atoms with Crippen LogP contribution in [-0.4, -0.2) is 42.3 Å². The summed E-state index contributed by atoms with van der Waals surface area (Å²) in [6.45, 7) is 3.94. The van der Waals surface area contributed by atoms with Crippen LogP contribution in [0.15, 0.2) is 30.3 Å². The minimum atomic E-state index is -3.11. The summed E-state index contributed by atoms with van der Waals surface area (Å²) in [6, 6.07) is 6.71. The van der Waals surface area contributed by atoms with Crippen LogP contribution < -0.4 is 11.1 Å². The molecule has 1 fully saturated rings. The number of aromatic nitrogens is 1. The predicted molar refractivity (Wildman–Crippen MR) is 134 cm³/mol.